The Labute approximate surface area is 78.0 Å². The predicted octanol–water partition coefficient (Wildman–Crippen LogP) is 2.41. The number of nitrogens with two attached hydrogens (primary N) is 1. The zero-order valence-corrected chi connectivity index (χ0v) is 7.83. The van der Waals surface area contributed by atoms with E-state index in [0.717, 1.165) is 24.8 Å². The highest BCUT2D eigenvalue weighted by molar-refractivity contribution is 5.14. The fraction of sp³-hybridized carbons (Fsp3) is 0.500. The van der Waals surface area contributed by atoms with Crippen LogP contribution in [0, 0.1) is 5.82 Å². The molecule has 0 unspecified atom stereocenters. The molecule has 0 aliphatic rings. The topological polar surface area (TPSA) is 38.9 Å². The van der Waals surface area contributed by atoms with Crippen LogP contribution in [0.4, 0.5) is 4.39 Å². The lowest BCUT2D eigenvalue weighted by Gasteiger charge is -2.10. The van der Waals surface area contributed by atoms with E-state index in [1.807, 2.05) is 0 Å². The molecular formula is C10H15FN2. The van der Waals surface area contributed by atoms with Crippen molar-refractivity contribution in [1.82, 2.24) is 4.98 Å². The fourth-order valence-corrected chi connectivity index (χ4v) is 1.22. The first-order valence-corrected chi connectivity index (χ1v) is 4.60. The molecule has 1 aromatic rings. The number of rotatable bonds is 4. The molecule has 0 spiro atoms. The van der Waals surface area contributed by atoms with Gasteiger partial charge >= 0.3 is 0 Å². The summed E-state index contributed by atoms with van der Waals surface area (Å²) in [7, 11) is 0. The summed E-state index contributed by atoms with van der Waals surface area (Å²) >= 11 is 0. The second-order valence-corrected chi connectivity index (χ2v) is 3.19. The van der Waals surface area contributed by atoms with Gasteiger partial charge in [-0.3, -0.25) is 4.98 Å². The highest BCUT2D eigenvalue weighted by Crippen LogP contribution is 2.15. The van der Waals surface area contributed by atoms with Gasteiger partial charge in [-0.05, 0) is 18.1 Å². The van der Waals surface area contributed by atoms with Gasteiger partial charge in [0.25, 0.3) is 0 Å². The summed E-state index contributed by atoms with van der Waals surface area (Å²) in [6.07, 6.45) is 5.88. The van der Waals surface area contributed by atoms with E-state index in [4.69, 9.17) is 5.73 Å². The molecule has 2 nitrogen and oxygen atoms in total. The van der Waals surface area contributed by atoms with E-state index < -0.39 is 0 Å². The summed E-state index contributed by atoms with van der Waals surface area (Å²) in [4.78, 5) is 3.76. The molecule has 0 radical (unpaired) electrons. The number of unbranched alkanes of at least 4 members (excludes halogenated alkanes) is 1. The predicted molar refractivity (Wildman–Crippen MR) is 50.6 cm³/mol. The molecule has 3 heteroatoms. The first-order chi connectivity index (χ1) is 6.24. The van der Waals surface area contributed by atoms with E-state index >= 15 is 0 Å². The van der Waals surface area contributed by atoms with Crippen molar-refractivity contribution in [2.45, 2.75) is 32.2 Å². The number of pyridine rings is 1. The minimum absolute atomic E-state index is 0.0804. The van der Waals surface area contributed by atoms with Gasteiger partial charge in [0.1, 0.15) is 5.82 Å². The molecule has 0 saturated carbocycles. The van der Waals surface area contributed by atoms with Crippen LogP contribution in [0.2, 0.25) is 0 Å². The van der Waals surface area contributed by atoms with Gasteiger partial charge in [-0.2, -0.15) is 0 Å². The van der Waals surface area contributed by atoms with E-state index in [9.17, 15) is 4.39 Å². The SMILES string of the molecule is CCCC[C@@H](N)c1cncc(F)c1. The van der Waals surface area contributed by atoms with E-state index in [2.05, 4.69) is 11.9 Å². The summed E-state index contributed by atoms with van der Waals surface area (Å²) < 4.78 is 12.7. The fourth-order valence-electron chi connectivity index (χ4n) is 1.22. The van der Waals surface area contributed by atoms with Crippen LogP contribution in [0.25, 0.3) is 0 Å². The molecular weight excluding hydrogens is 167 g/mol. The Balaban J connectivity index is 2.60. The standard InChI is InChI=1S/C10H15FN2/c1-2-3-4-10(12)8-5-9(11)7-13-6-8/h5-7,10H,2-4,12H2,1H3/t10-/m1/s1. The first kappa shape index (κ1) is 10.1. The Hall–Kier alpha value is -0.960. The van der Waals surface area contributed by atoms with Gasteiger partial charge in [0.05, 0.1) is 6.20 Å². The minimum Gasteiger partial charge on any atom is -0.324 e. The van der Waals surface area contributed by atoms with Crippen molar-refractivity contribution in [3.63, 3.8) is 0 Å². The lowest BCUT2D eigenvalue weighted by molar-refractivity contribution is 0.583. The zero-order chi connectivity index (χ0) is 9.68. The Bertz CT molecular complexity index is 263. The highest BCUT2D eigenvalue weighted by Gasteiger charge is 2.05. The number of halogens is 1. The summed E-state index contributed by atoms with van der Waals surface area (Å²) in [6.45, 7) is 2.11. The molecule has 1 rings (SSSR count). The van der Waals surface area contributed by atoms with Gasteiger partial charge in [-0.1, -0.05) is 19.8 Å². The van der Waals surface area contributed by atoms with E-state index in [1.165, 1.54) is 12.3 Å². The smallest absolute Gasteiger partial charge is 0.141 e. The maximum Gasteiger partial charge on any atom is 0.141 e. The molecule has 1 aromatic heterocycles. The van der Waals surface area contributed by atoms with Crippen LogP contribution in [-0.2, 0) is 0 Å². The van der Waals surface area contributed by atoms with Crippen LogP contribution < -0.4 is 5.73 Å². The molecule has 0 bridgehead atoms. The summed E-state index contributed by atoms with van der Waals surface area (Å²) in [5.74, 6) is -0.315. The van der Waals surface area contributed by atoms with Crippen LogP contribution in [-0.4, -0.2) is 4.98 Å². The van der Waals surface area contributed by atoms with Gasteiger partial charge in [0.2, 0.25) is 0 Å². The normalized spacial score (nSPS) is 12.8. The average Bonchev–Trinajstić information content (AvgIpc) is 2.14. The van der Waals surface area contributed by atoms with Gasteiger partial charge in [-0.25, -0.2) is 4.39 Å². The monoisotopic (exact) mass is 182 g/mol. The molecule has 72 valence electrons. The first-order valence-electron chi connectivity index (χ1n) is 4.60. The van der Waals surface area contributed by atoms with Crippen LogP contribution >= 0.6 is 0 Å². The summed E-state index contributed by atoms with van der Waals surface area (Å²) in [6, 6.07) is 1.37. The number of hydrogen-bond acceptors (Lipinski definition) is 2. The number of aromatic nitrogens is 1. The van der Waals surface area contributed by atoms with Crippen molar-refractivity contribution in [2.75, 3.05) is 0 Å². The Kier molecular flexibility index (Phi) is 3.83. The zero-order valence-electron chi connectivity index (χ0n) is 7.83. The molecule has 0 fully saturated rings. The third kappa shape index (κ3) is 3.11. The second kappa shape index (κ2) is 4.92. The van der Waals surface area contributed by atoms with Crippen molar-refractivity contribution in [3.8, 4) is 0 Å². The third-order valence-electron chi connectivity index (χ3n) is 2.02. The van der Waals surface area contributed by atoms with Crippen molar-refractivity contribution >= 4 is 0 Å². The lowest BCUT2D eigenvalue weighted by Crippen LogP contribution is -2.10. The Morgan fingerprint density at radius 2 is 2.31 bits per heavy atom. The van der Waals surface area contributed by atoms with Gasteiger partial charge < -0.3 is 5.73 Å². The number of nitrogens with zero attached hydrogens (tertiary/aromatic N) is 1. The van der Waals surface area contributed by atoms with Crippen LogP contribution in [0.15, 0.2) is 18.5 Å². The maximum absolute atomic E-state index is 12.7. The van der Waals surface area contributed by atoms with Gasteiger partial charge in [0.15, 0.2) is 0 Å². The largest absolute Gasteiger partial charge is 0.324 e. The highest BCUT2D eigenvalue weighted by atomic mass is 19.1. The molecule has 0 saturated heterocycles. The van der Waals surface area contributed by atoms with Crippen molar-refractivity contribution in [1.29, 1.82) is 0 Å². The van der Waals surface area contributed by atoms with Crippen molar-refractivity contribution in [3.05, 3.63) is 29.8 Å². The van der Waals surface area contributed by atoms with E-state index in [0.29, 0.717) is 0 Å². The van der Waals surface area contributed by atoms with Crippen LogP contribution in [0.1, 0.15) is 37.8 Å². The lowest BCUT2D eigenvalue weighted by atomic mass is 10.0. The van der Waals surface area contributed by atoms with Gasteiger partial charge in [0, 0.05) is 12.2 Å². The molecule has 0 aromatic carbocycles. The average molecular weight is 182 g/mol. The second-order valence-electron chi connectivity index (χ2n) is 3.19. The molecule has 0 aliphatic heterocycles. The summed E-state index contributed by atoms with van der Waals surface area (Å²) in [5, 5.41) is 0. The van der Waals surface area contributed by atoms with Gasteiger partial charge in [-0.15, -0.1) is 0 Å². The van der Waals surface area contributed by atoms with E-state index in [-0.39, 0.29) is 11.9 Å². The van der Waals surface area contributed by atoms with Crippen LogP contribution in [0.3, 0.4) is 0 Å². The quantitative estimate of drug-likeness (QED) is 0.776. The Morgan fingerprint density at radius 3 is 2.92 bits per heavy atom. The van der Waals surface area contributed by atoms with E-state index in [1.54, 1.807) is 6.20 Å². The van der Waals surface area contributed by atoms with Crippen molar-refractivity contribution < 1.29 is 4.39 Å². The van der Waals surface area contributed by atoms with Crippen LogP contribution in [0.5, 0.6) is 0 Å². The number of hydrogen-bond donors (Lipinski definition) is 1. The minimum atomic E-state index is -0.315. The maximum atomic E-state index is 12.7. The molecule has 1 heterocycles. The molecule has 1 atom stereocenters. The molecule has 0 aliphatic carbocycles. The molecule has 2 N–H and O–H groups in total. The van der Waals surface area contributed by atoms with Crippen molar-refractivity contribution in [2.24, 2.45) is 5.73 Å². The molecule has 13 heavy (non-hydrogen) atoms. The third-order valence-corrected chi connectivity index (χ3v) is 2.02. The summed E-state index contributed by atoms with van der Waals surface area (Å²) in [5.41, 5.74) is 6.63. The molecule has 0 amide bonds. The Morgan fingerprint density at radius 1 is 1.54 bits per heavy atom.